The van der Waals surface area contributed by atoms with Gasteiger partial charge in [-0.05, 0) is 38.5 Å². The van der Waals surface area contributed by atoms with Crippen LogP contribution in [0, 0.1) is 0 Å². The number of hydrogen-bond acceptors (Lipinski definition) is 7. The molecule has 3 rings (SSSR count). The topological polar surface area (TPSA) is 129 Å². The number of nitrogens with two attached hydrogens (primary N) is 1. The van der Waals surface area contributed by atoms with Gasteiger partial charge in [0, 0.05) is 12.6 Å². The van der Waals surface area contributed by atoms with E-state index >= 15 is 0 Å². The summed E-state index contributed by atoms with van der Waals surface area (Å²) in [5.74, 6) is 0.404. The molecule has 0 fully saturated rings. The van der Waals surface area contributed by atoms with Crippen molar-refractivity contribution < 1.29 is 19.0 Å². The highest BCUT2D eigenvalue weighted by molar-refractivity contribution is 6.07. The lowest BCUT2D eigenvalue weighted by Crippen LogP contribution is -2.39. The Bertz CT molecular complexity index is 1270. The fourth-order valence-electron chi connectivity index (χ4n) is 3.63. The zero-order chi connectivity index (χ0) is 25.5. The Kier molecular flexibility index (Phi) is 8.19. The normalized spacial score (nSPS) is 10.6. The van der Waals surface area contributed by atoms with Gasteiger partial charge in [-0.1, -0.05) is 30.3 Å². The number of anilines is 2. The lowest BCUT2D eigenvalue weighted by Gasteiger charge is -2.22. The molecule has 0 radical (unpaired) electrons. The Morgan fingerprint density at radius 3 is 2.09 bits per heavy atom. The molecule has 0 aliphatic rings. The highest BCUT2D eigenvalue weighted by Gasteiger charge is 2.25. The summed E-state index contributed by atoms with van der Waals surface area (Å²) in [6, 6.07) is 12.2. The van der Waals surface area contributed by atoms with Gasteiger partial charge in [0.15, 0.2) is 17.2 Å². The van der Waals surface area contributed by atoms with Crippen molar-refractivity contribution in [2.75, 3.05) is 37.5 Å². The van der Waals surface area contributed by atoms with Gasteiger partial charge in [-0.15, -0.1) is 0 Å². The summed E-state index contributed by atoms with van der Waals surface area (Å²) < 4.78 is 18.3. The van der Waals surface area contributed by atoms with Crippen molar-refractivity contribution in [1.29, 1.82) is 0 Å². The van der Waals surface area contributed by atoms with E-state index in [2.05, 4.69) is 4.98 Å². The minimum Gasteiger partial charge on any atom is -0.490 e. The first-order valence-electron chi connectivity index (χ1n) is 11.3. The summed E-state index contributed by atoms with van der Waals surface area (Å²) in [7, 11) is 1.41. The molecule has 0 spiro atoms. The maximum atomic E-state index is 13.5. The number of H-pyrrole nitrogens is 1. The molecule has 186 valence electrons. The Morgan fingerprint density at radius 1 is 0.971 bits per heavy atom. The van der Waals surface area contributed by atoms with Crippen molar-refractivity contribution >= 4 is 17.4 Å². The smallest absolute Gasteiger partial charge is 0.330 e. The molecule has 3 aromatic rings. The first-order valence-corrected chi connectivity index (χ1v) is 11.3. The van der Waals surface area contributed by atoms with Crippen molar-refractivity contribution in [2.24, 2.45) is 0 Å². The molecule has 0 atom stereocenters. The van der Waals surface area contributed by atoms with Crippen LogP contribution in [0.15, 0.2) is 52.1 Å². The second-order valence-corrected chi connectivity index (χ2v) is 7.53. The number of carbonyl (C=O) groups excluding carboxylic acids is 1. The standard InChI is InChI=1S/C25H30N4O6/c1-5-33-18-13-17(14-19(34-6-2)21(18)35-7-3)24(31)28(4)20-22(26)29(25(32)27-23(20)30)15-16-11-9-8-10-12-16/h8-14H,5-7,15,26H2,1-4H3,(H,27,30,32). The van der Waals surface area contributed by atoms with Crippen LogP contribution in [0.2, 0.25) is 0 Å². The summed E-state index contributed by atoms with van der Waals surface area (Å²) in [6.45, 7) is 6.65. The minimum absolute atomic E-state index is 0.126. The van der Waals surface area contributed by atoms with E-state index in [1.807, 2.05) is 51.1 Å². The van der Waals surface area contributed by atoms with Gasteiger partial charge >= 0.3 is 5.69 Å². The van der Waals surface area contributed by atoms with Gasteiger partial charge in [0.2, 0.25) is 5.75 Å². The predicted molar refractivity (Wildman–Crippen MR) is 134 cm³/mol. The number of amides is 1. The van der Waals surface area contributed by atoms with Crippen LogP contribution in [-0.2, 0) is 6.54 Å². The highest BCUT2D eigenvalue weighted by Crippen LogP contribution is 2.39. The fourth-order valence-corrected chi connectivity index (χ4v) is 3.63. The number of nitrogens with zero attached hydrogens (tertiary/aromatic N) is 2. The Labute approximate surface area is 202 Å². The molecular weight excluding hydrogens is 452 g/mol. The third kappa shape index (κ3) is 5.48. The zero-order valence-electron chi connectivity index (χ0n) is 20.3. The van der Waals surface area contributed by atoms with Gasteiger partial charge in [-0.2, -0.15) is 0 Å². The quantitative estimate of drug-likeness (QED) is 0.454. The van der Waals surface area contributed by atoms with Crippen molar-refractivity contribution in [3.8, 4) is 17.2 Å². The summed E-state index contributed by atoms with van der Waals surface area (Å²) in [5.41, 5.74) is 5.67. The first kappa shape index (κ1) is 25.4. The van der Waals surface area contributed by atoms with E-state index in [4.69, 9.17) is 19.9 Å². The van der Waals surface area contributed by atoms with E-state index in [0.29, 0.717) is 37.1 Å². The molecule has 3 N–H and O–H groups in total. The SMILES string of the molecule is CCOc1cc(C(=O)N(C)c2c(N)n(Cc3ccccc3)c(=O)[nH]c2=O)cc(OCC)c1OCC. The molecular formula is C25H30N4O6. The van der Waals surface area contributed by atoms with Crippen LogP contribution in [0.1, 0.15) is 36.7 Å². The van der Waals surface area contributed by atoms with Crippen molar-refractivity contribution in [3.05, 3.63) is 74.4 Å². The molecule has 1 heterocycles. The number of aromatic nitrogens is 2. The number of nitrogens with one attached hydrogen (secondary N) is 1. The Morgan fingerprint density at radius 2 is 1.54 bits per heavy atom. The number of benzene rings is 2. The third-order valence-corrected chi connectivity index (χ3v) is 5.19. The third-order valence-electron chi connectivity index (χ3n) is 5.19. The maximum absolute atomic E-state index is 13.5. The van der Waals surface area contributed by atoms with Crippen LogP contribution >= 0.6 is 0 Å². The van der Waals surface area contributed by atoms with Gasteiger partial charge in [0.1, 0.15) is 5.82 Å². The number of ether oxygens (including phenoxy) is 3. The number of hydrogen-bond donors (Lipinski definition) is 2. The van der Waals surface area contributed by atoms with Crippen LogP contribution in [0.3, 0.4) is 0 Å². The number of rotatable bonds is 10. The monoisotopic (exact) mass is 482 g/mol. The van der Waals surface area contributed by atoms with E-state index in [1.54, 1.807) is 0 Å². The van der Waals surface area contributed by atoms with Gasteiger partial charge in [-0.25, -0.2) is 4.79 Å². The van der Waals surface area contributed by atoms with E-state index in [-0.39, 0.29) is 23.6 Å². The largest absolute Gasteiger partial charge is 0.490 e. The van der Waals surface area contributed by atoms with E-state index in [1.165, 1.54) is 23.7 Å². The zero-order valence-corrected chi connectivity index (χ0v) is 20.3. The van der Waals surface area contributed by atoms with Gasteiger partial charge < -0.3 is 24.8 Å². The minimum atomic E-state index is -0.770. The summed E-state index contributed by atoms with van der Waals surface area (Å²) >= 11 is 0. The summed E-state index contributed by atoms with van der Waals surface area (Å²) in [6.07, 6.45) is 0. The molecule has 2 aromatic carbocycles. The molecule has 10 heteroatoms. The van der Waals surface area contributed by atoms with Crippen LogP contribution in [0.5, 0.6) is 17.2 Å². The fraction of sp³-hybridized carbons (Fsp3) is 0.320. The average Bonchev–Trinajstić information content (AvgIpc) is 2.84. The molecule has 0 unspecified atom stereocenters. The van der Waals surface area contributed by atoms with Crippen molar-refractivity contribution in [3.63, 3.8) is 0 Å². The number of nitrogen functional groups attached to an aromatic ring is 1. The van der Waals surface area contributed by atoms with Crippen molar-refractivity contribution in [1.82, 2.24) is 9.55 Å². The summed E-state index contributed by atoms with van der Waals surface area (Å²) in [5, 5.41) is 0. The lowest BCUT2D eigenvalue weighted by molar-refractivity contribution is 0.0991. The molecule has 0 bridgehead atoms. The van der Waals surface area contributed by atoms with Gasteiger partial charge in [0.05, 0.1) is 26.4 Å². The second kappa shape index (κ2) is 11.3. The van der Waals surface area contributed by atoms with Crippen LogP contribution < -0.4 is 36.1 Å². The van der Waals surface area contributed by atoms with E-state index in [9.17, 15) is 14.4 Å². The molecule has 1 aromatic heterocycles. The van der Waals surface area contributed by atoms with E-state index in [0.717, 1.165) is 10.5 Å². The van der Waals surface area contributed by atoms with Crippen LogP contribution in [0.4, 0.5) is 11.5 Å². The molecule has 0 aliphatic heterocycles. The molecule has 10 nitrogen and oxygen atoms in total. The lowest BCUT2D eigenvalue weighted by atomic mass is 10.1. The molecule has 0 aliphatic carbocycles. The maximum Gasteiger partial charge on any atom is 0.330 e. The molecule has 0 saturated carbocycles. The predicted octanol–water partition coefficient (Wildman–Crippen LogP) is 2.64. The summed E-state index contributed by atoms with van der Waals surface area (Å²) in [4.78, 5) is 42.0. The Hall–Kier alpha value is -4.21. The molecule has 1 amide bonds. The van der Waals surface area contributed by atoms with Crippen LogP contribution in [-0.4, -0.2) is 42.3 Å². The first-order chi connectivity index (χ1) is 16.8. The Balaban J connectivity index is 2.07. The van der Waals surface area contributed by atoms with Gasteiger partial charge in [0.25, 0.3) is 11.5 Å². The van der Waals surface area contributed by atoms with Crippen LogP contribution in [0.25, 0.3) is 0 Å². The average molecular weight is 483 g/mol. The van der Waals surface area contributed by atoms with E-state index < -0.39 is 17.2 Å². The van der Waals surface area contributed by atoms with Crippen molar-refractivity contribution in [2.45, 2.75) is 27.3 Å². The molecule has 35 heavy (non-hydrogen) atoms. The highest BCUT2D eigenvalue weighted by atomic mass is 16.5. The second-order valence-electron chi connectivity index (χ2n) is 7.53. The van der Waals surface area contributed by atoms with Gasteiger partial charge in [-0.3, -0.25) is 19.1 Å². The number of carbonyl (C=O) groups is 1. The number of aromatic amines is 1. The molecule has 0 saturated heterocycles.